The number of carbonyl (C=O) groups excluding carboxylic acids is 1. The van der Waals surface area contributed by atoms with Gasteiger partial charge in [0.25, 0.3) is 5.91 Å². The number of anilines is 1. The van der Waals surface area contributed by atoms with Gasteiger partial charge in [-0.1, -0.05) is 35.5 Å². The van der Waals surface area contributed by atoms with E-state index in [9.17, 15) is 4.79 Å². The van der Waals surface area contributed by atoms with Gasteiger partial charge in [-0.2, -0.15) is 5.10 Å². The van der Waals surface area contributed by atoms with Crippen LogP contribution >= 0.6 is 23.4 Å². The lowest BCUT2D eigenvalue weighted by molar-refractivity contribution is 0.102. The molecule has 1 amide bonds. The zero-order valence-electron chi connectivity index (χ0n) is 14.8. The first-order valence-electron chi connectivity index (χ1n) is 8.66. The minimum atomic E-state index is -0.245. The highest BCUT2D eigenvalue weighted by molar-refractivity contribution is 7.98. The maximum absolute atomic E-state index is 12.6. The van der Waals surface area contributed by atoms with E-state index in [4.69, 9.17) is 21.1 Å². The van der Waals surface area contributed by atoms with Crippen LogP contribution in [-0.2, 0) is 5.75 Å². The monoisotopic (exact) mass is 416 g/mol. The van der Waals surface area contributed by atoms with E-state index < -0.39 is 0 Å². The number of aromatic nitrogens is 3. The molecule has 2 heterocycles. The van der Waals surface area contributed by atoms with Crippen LogP contribution in [0, 0.1) is 0 Å². The van der Waals surface area contributed by atoms with Gasteiger partial charge in [-0.05, 0) is 17.7 Å². The number of ether oxygens (including phenoxy) is 2. The summed E-state index contributed by atoms with van der Waals surface area (Å²) in [6.07, 6.45) is 2.27. The fourth-order valence-corrected chi connectivity index (χ4v) is 3.58. The molecule has 0 spiro atoms. The molecule has 0 saturated heterocycles. The Balaban J connectivity index is 1.42. The molecule has 7 nitrogen and oxygen atoms in total. The predicted molar refractivity (Wildman–Crippen MR) is 107 cm³/mol. The van der Waals surface area contributed by atoms with Gasteiger partial charge in [-0.3, -0.25) is 9.89 Å². The Kier molecular flexibility index (Phi) is 5.68. The number of rotatable bonds is 5. The van der Waals surface area contributed by atoms with Crippen molar-refractivity contribution in [2.45, 2.75) is 17.3 Å². The van der Waals surface area contributed by atoms with Crippen molar-refractivity contribution in [1.82, 2.24) is 15.2 Å². The van der Waals surface area contributed by atoms with Gasteiger partial charge in [-0.15, -0.1) is 0 Å². The highest BCUT2D eigenvalue weighted by Gasteiger charge is 2.16. The average molecular weight is 417 g/mol. The first-order chi connectivity index (χ1) is 13.7. The Morgan fingerprint density at radius 2 is 1.93 bits per heavy atom. The van der Waals surface area contributed by atoms with Gasteiger partial charge in [-0.25, -0.2) is 4.98 Å². The number of hydrogen-bond acceptors (Lipinski definition) is 6. The highest BCUT2D eigenvalue weighted by Crippen LogP contribution is 2.37. The second-order valence-electron chi connectivity index (χ2n) is 6.06. The molecule has 3 aromatic rings. The van der Waals surface area contributed by atoms with Crippen molar-refractivity contribution in [1.29, 1.82) is 0 Å². The largest absolute Gasteiger partial charge is 0.490 e. The van der Waals surface area contributed by atoms with E-state index in [-0.39, 0.29) is 5.91 Å². The smallest absolute Gasteiger partial charge is 0.255 e. The minimum absolute atomic E-state index is 0.245. The molecule has 1 aliphatic heterocycles. The van der Waals surface area contributed by atoms with Gasteiger partial charge in [0.15, 0.2) is 16.7 Å². The van der Waals surface area contributed by atoms with Crippen LogP contribution in [0.1, 0.15) is 22.3 Å². The standard InChI is InChI=1S/C19H17ClN4O3S/c20-14-8-16-17(27-7-1-6-26-16)9-15(14)23-18(25)13-4-2-12(3-5-13)10-28-19-21-11-22-24-19/h2-5,8-9,11H,1,6-7,10H2,(H,23,25)(H,21,22,24). The summed E-state index contributed by atoms with van der Waals surface area (Å²) in [6.45, 7) is 1.14. The van der Waals surface area contributed by atoms with E-state index in [1.165, 1.54) is 6.33 Å². The molecule has 2 aromatic carbocycles. The van der Waals surface area contributed by atoms with Crippen LogP contribution in [0.15, 0.2) is 47.9 Å². The first kappa shape index (κ1) is 18.6. The van der Waals surface area contributed by atoms with Crippen LogP contribution in [0.3, 0.4) is 0 Å². The fourth-order valence-electron chi connectivity index (χ4n) is 2.64. The topological polar surface area (TPSA) is 89.1 Å². The molecule has 0 atom stereocenters. The van der Waals surface area contributed by atoms with Crippen molar-refractivity contribution in [3.05, 3.63) is 58.9 Å². The summed E-state index contributed by atoms with van der Waals surface area (Å²) in [5.74, 6) is 1.65. The zero-order chi connectivity index (χ0) is 19.3. The van der Waals surface area contributed by atoms with Gasteiger partial charge in [0.1, 0.15) is 6.33 Å². The molecule has 144 valence electrons. The normalized spacial score (nSPS) is 13.0. The number of benzene rings is 2. The van der Waals surface area contributed by atoms with Crippen molar-refractivity contribution in [2.75, 3.05) is 18.5 Å². The van der Waals surface area contributed by atoms with Crippen molar-refractivity contribution in [3.8, 4) is 11.5 Å². The Labute approximate surface area is 170 Å². The number of fused-ring (bicyclic) bond motifs is 1. The van der Waals surface area contributed by atoms with E-state index in [0.717, 1.165) is 22.9 Å². The average Bonchev–Trinajstić information content (AvgIpc) is 3.13. The molecule has 28 heavy (non-hydrogen) atoms. The lowest BCUT2D eigenvalue weighted by Crippen LogP contribution is -2.12. The van der Waals surface area contributed by atoms with Crippen molar-refractivity contribution in [3.63, 3.8) is 0 Å². The van der Waals surface area contributed by atoms with Crippen LogP contribution < -0.4 is 14.8 Å². The van der Waals surface area contributed by atoms with E-state index in [0.29, 0.717) is 41.0 Å². The lowest BCUT2D eigenvalue weighted by Gasteiger charge is -2.12. The quantitative estimate of drug-likeness (QED) is 0.607. The van der Waals surface area contributed by atoms with Crippen LogP contribution in [0.4, 0.5) is 5.69 Å². The molecule has 0 aliphatic carbocycles. The van der Waals surface area contributed by atoms with Crippen molar-refractivity contribution < 1.29 is 14.3 Å². The number of nitrogens with one attached hydrogen (secondary N) is 2. The summed E-state index contributed by atoms with van der Waals surface area (Å²) in [4.78, 5) is 16.7. The Morgan fingerprint density at radius 3 is 2.64 bits per heavy atom. The van der Waals surface area contributed by atoms with E-state index in [1.54, 1.807) is 36.0 Å². The minimum Gasteiger partial charge on any atom is -0.490 e. The number of carbonyl (C=O) groups is 1. The number of H-pyrrole nitrogens is 1. The van der Waals surface area contributed by atoms with Gasteiger partial charge in [0.2, 0.25) is 0 Å². The van der Waals surface area contributed by atoms with E-state index in [2.05, 4.69) is 20.5 Å². The number of thioether (sulfide) groups is 1. The van der Waals surface area contributed by atoms with Crippen LogP contribution in [0.2, 0.25) is 5.02 Å². The summed E-state index contributed by atoms with van der Waals surface area (Å²) >= 11 is 7.84. The first-order valence-corrected chi connectivity index (χ1v) is 10.0. The van der Waals surface area contributed by atoms with E-state index in [1.807, 2.05) is 12.1 Å². The third-order valence-corrected chi connectivity index (χ3v) is 5.33. The van der Waals surface area contributed by atoms with Crippen LogP contribution in [0.5, 0.6) is 11.5 Å². The van der Waals surface area contributed by atoms with Crippen LogP contribution in [-0.4, -0.2) is 34.3 Å². The molecule has 0 radical (unpaired) electrons. The SMILES string of the molecule is O=C(Nc1cc2c(cc1Cl)OCCCO2)c1ccc(CSc2ncn[nH]2)cc1. The molecule has 0 saturated carbocycles. The van der Waals surface area contributed by atoms with Crippen LogP contribution in [0.25, 0.3) is 0 Å². The van der Waals surface area contributed by atoms with Gasteiger partial charge in [0, 0.05) is 29.9 Å². The second-order valence-corrected chi connectivity index (χ2v) is 7.43. The summed E-state index contributed by atoms with van der Waals surface area (Å²) < 4.78 is 11.3. The van der Waals surface area contributed by atoms with Gasteiger partial charge < -0.3 is 14.8 Å². The molecule has 0 unspecified atom stereocenters. The summed E-state index contributed by atoms with van der Waals surface area (Å²) in [5, 5.41) is 10.6. The third kappa shape index (κ3) is 4.40. The molecule has 0 fully saturated rings. The fraction of sp³-hybridized carbons (Fsp3) is 0.211. The highest BCUT2D eigenvalue weighted by atomic mass is 35.5. The third-order valence-electron chi connectivity index (χ3n) is 4.07. The molecule has 9 heteroatoms. The Hall–Kier alpha value is -2.71. The maximum atomic E-state index is 12.6. The summed E-state index contributed by atoms with van der Waals surface area (Å²) in [6, 6.07) is 10.7. The van der Waals surface area contributed by atoms with Gasteiger partial charge >= 0.3 is 0 Å². The summed E-state index contributed by atoms with van der Waals surface area (Å²) in [5.41, 5.74) is 2.10. The molecule has 4 rings (SSSR count). The molecular weight excluding hydrogens is 400 g/mol. The van der Waals surface area contributed by atoms with E-state index >= 15 is 0 Å². The second kappa shape index (κ2) is 8.53. The zero-order valence-corrected chi connectivity index (χ0v) is 16.3. The molecule has 1 aliphatic rings. The molecule has 1 aromatic heterocycles. The number of amides is 1. The van der Waals surface area contributed by atoms with Crippen molar-refractivity contribution >= 4 is 35.0 Å². The number of aromatic amines is 1. The van der Waals surface area contributed by atoms with Crippen molar-refractivity contribution in [2.24, 2.45) is 0 Å². The molecule has 0 bridgehead atoms. The number of hydrogen-bond donors (Lipinski definition) is 2. The predicted octanol–water partition coefficient (Wildman–Crippen LogP) is 4.16. The van der Waals surface area contributed by atoms with Gasteiger partial charge in [0.05, 0.1) is 23.9 Å². The maximum Gasteiger partial charge on any atom is 0.255 e. The molecule has 2 N–H and O–H groups in total. The number of nitrogens with zero attached hydrogens (tertiary/aromatic N) is 2. The molecular formula is C19H17ClN4O3S. The summed E-state index contributed by atoms with van der Waals surface area (Å²) in [7, 11) is 0. The Bertz CT molecular complexity index is 964. The number of halogens is 1. The lowest BCUT2D eigenvalue weighted by atomic mass is 10.1. The Morgan fingerprint density at radius 1 is 1.18 bits per heavy atom.